The van der Waals surface area contributed by atoms with Crippen LogP contribution < -0.4 is 16.0 Å². The number of carbonyl (C=O) groups is 1. The van der Waals surface area contributed by atoms with Crippen molar-refractivity contribution in [1.82, 2.24) is 14.5 Å². The van der Waals surface area contributed by atoms with E-state index in [4.69, 9.17) is 16.3 Å². The van der Waals surface area contributed by atoms with Crippen molar-refractivity contribution in [2.45, 2.75) is 12.8 Å². The first-order chi connectivity index (χ1) is 12.4. The molecule has 0 atom stereocenters. The number of hydrogen-bond acceptors (Lipinski definition) is 4. The summed E-state index contributed by atoms with van der Waals surface area (Å²) in [4.78, 5) is 40.0. The lowest BCUT2D eigenvalue weighted by Crippen LogP contribution is -2.42. The van der Waals surface area contributed by atoms with Gasteiger partial charge in [-0.25, -0.2) is 4.79 Å². The van der Waals surface area contributed by atoms with Gasteiger partial charge >= 0.3 is 5.69 Å². The molecule has 0 saturated carbocycles. The number of carbonyl (C=O) groups excluding carboxylic acids is 1. The van der Waals surface area contributed by atoms with Crippen LogP contribution in [0.5, 0.6) is 5.75 Å². The quantitative estimate of drug-likeness (QED) is 0.878. The Balaban J connectivity index is 1.54. The van der Waals surface area contributed by atoms with E-state index in [9.17, 15) is 14.4 Å². The molecule has 1 aliphatic heterocycles. The summed E-state index contributed by atoms with van der Waals surface area (Å²) in [6.45, 7) is 1.70. The molecule has 0 aliphatic carbocycles. The lowest BCUT2D eigenvalue weighted by atomic mass is 9.97. The van der Waals surface area contributed by atoms with Gasteiger partial charge in [-0.3, -0.25) is 14.2 Å². The van der Waals surface area contributed by atoms with E-state index in [1.807, 2.05) is 12.1 Å². The maximum Gasteiger partial charge on any atom is 0.328 e. The standard InChI is InChI=1S/C18H20ClN3O4/c1-21-16(23)10-15(20-18(21)25)17(24)22-8-6-12(7-9-22)11-26-14-4-2-13(19)3-5-14/h2-5,10,12H,6-9,11H2,1H3,(H,20,25). The van der Waals surface area contributed by atoms with Crippen LogP contribution in [0.4, 0.5) is 0 Å². The number of nitrogens with one attached hydrogen (secondary N) is 1. The summed E-state index contributed by atoms with van der Waals surface area (Å²) in [5, 5.41) is 0.665. The number of amides is 1. The topological polar surface area (TPSA) is 84.4 Å². The molecular formula is C18H20ClN3O4. The highest BCUT2D eigenvalue weighted by atomic mass is 35.5. The van der Waals surface area contributed by atoms with E-state index in [1.165, 1.54) is 13.1 Å². The smallest absolute Gasteiger partial charge is 0.328 e. The first kappa shape index (κ1) is 18.3. The van der Waals surface area contributed by atoms with Gasteiger partial charge in [-0.1, -0.05) is 11.6 Å². The summed E-state index contributed by atoms with van der Waals surface area (Å²) < 4.78 is 6.70. The monoisotopic (exact) mass is 377 g/mol. The fraction of sp³-hybridized carbons (Fsp3) is 0.389. The molecule has 2 heterocycles. The van der Waals surface area contributed by atoms with Gasteiger partial charge in [0.2, 0.25) is 0 Å². The van der Waals surface area contributed by atoms with Crippen LogP contribution in [-0.4, -0.2) is 40.1 Å². The molecule has 1 amide bonds. The van der Waals surface area contributed by atoms with Gasteiger partial charge in [-0.05, 0) is 43.0 Å². The summed E-state index contributed by atoms with van der Waals surface area (Å²) in [5.41, 5.74) is -1.05. The van der Waals surface area contributed by atoms with Crippen molar-refractivity contribution < 1.29 is 9.53 Å². The molecule has 0 bridgehead atoms. The molecule has 1 fully saturated rings. The second-order valence-electron chi connectivity index (χ2n) is 6.39. The fourth-order valence-corrected chi connectivity index (χ4v) is 3.01. The van der Waals surface area contributed by atoms with Crippen molar-refractivity contribution in [3.63, 3.8) is 0 Å². The minimum atomic E-state index is -0.591. The molecule has 138 valence electrons. The van der Waals surface area contributed by atoms with E-state index in [1.54, 1.807) is 17.0 Å². The number of ether oxygens (including phenoxy) is 1. The third-order valence-corrected chi connectivity index (χ3v) is 4.83. The second kappa shape index (κ2) is 7.78. The molecule has 0 unspecified atom stereocenters. The molecule has 0 spiro atoms. The zero-order valence-electron chi connectivity index (χ0n) is 14.4. The van der Waals surface area contributed by atoms with Crippen molar-refractivity contribution in [2.24, 2.45) is 13.0 Å². The maximum absolute atomic E-state index is 12.5. The maximum atomic E-state index is 12.5. The molecule has 26 heavy (non-hydrogen) atoms. The average molecular weight is 378 g/mol. The van der Waals surface area contributed by atoms with Crippen LogP contribution in [0.2, 0.25) is 5.02 Å². The minimum absolute atomic E-state index is 0.0361. The SMILES string of the molecule is Cn1c(=O)cc(C(=O)N2CCC(COc3ccc(Cl)cc3)CC2)[nH]c1=O. The molecule has 0 radical (unpaired) electrons. The Morgan fingerprint density at radius 3 is 2.50 bits per heavy atom. The highest BCUT2D eigenvalue weighted by Crippen LogP contribution is 2.21. The molecule has 7 nitrogen and oxygen atoms in total. The average Bonchev–Trinajstić information content (AvgIpc) is 2.65. The Morgan fingerprint density at radius 2 is 1.88 bits per heavy atom. The van der Waals surface area contributed by atoms with E-state index in [-0.39, 0.29) is 11.6 Å². The summed E-state index contributed by atoms with van der Waals surface area (Å²) in [5.74, 6) is 0.792. The van der Waals surface area contributed by atoms with Crippen LogP contribution in [-0.2, 0) is 7.05 Å². The number of benzene rings is 1. The second-order valence-corrected chi connectivity index (χ2v) is 6.82. The van der Waals surface area contributed by atoms with Crippen molar-refractivity contribution in [1.29, 1.82) is 0 Å². The molecule has 8 heteroatoms. The van der Waals surface area contributed by atoms with Crippen LogP contribution in [0.25, 0.3) is 0 Å². The number of halogens is 1. The van der Waals surface area contributed by atoms with Gasteiger partial charge in [0.15, 0.2) is 0 Å². The molecule has 1 aromatic carbocycles. The van der Waals surface area contributed by atoms with E-state index in [2.05, 4.69) is 4.98 Å². The van der Waals surface area contributed by atoms with Crippen LogP contribution in [0.3, 0.4) is 0 Å². The van der Waals surface area contributed by atoms with E-state index in [0.29, 0.717) is 30.6 Å². The van der Waals surface area contributed by atoms with Gasteiger partial charge in [-0.2, -0.15) is 0 Å². The highest BCUT2D eigenvalue weighted by molar-refractivity contribution is 6.30. The summed E-state index contributed by atoms with van der Waals surface area (Å²) in [7, 11) is 1.36. The molecule has 1 aromatic heterocycles. The Bertz CT molecular complexity index is 865. The zero-order chi connectivity index (χ0) is 18.7. The number of H-pyrrole nitrogens is 1. The molecule has 3 rings (SSSR count). The number of piperidine rings is 1. The number of likely N-dealkylation sites (tertiary alicyclic amines) is 1. The van der Waals surface area contributed by atoms with Crippen molar-refractivity contribution >= 4 is 17.5 Å². The molecule has 1 aliphatic rings. The Labute approximate surface area is 155 Å². The Hall–Kier alpha value is -2.54. The Morgan fingerprint density at radius 1 is 1.23 bits per heavy atom. The van der Waals surface area contributed by atoms with E-state index < -0.39 is 11.2 Å². The van der Waals surface area contributed by atoms with Crippen LogP contribution >= 0.6 is 11.6 Å². The predicted octanol–water partition coefficient (Wildman–Crippen LogP) is 1.66. The third-order valence-electron chi connectivity index (χ3n) is 4.58. The molecular weight excluding hydrogens is 358 g/mol. The largest absolute Gasteiger partial charge is 0.493 e. The summed E-state index contributed by atoms with van der Waals surface area (Å²) in [6.07, 6.45) is 1.60. The van der Waals surface area contributed by atoms with Gasteiger partial charge in [-0.15, -0.1) is 0 Å². The Kier molecular flexibility index (Phi) is 5.46. The van der Waals surface area contributed by atoms with Crippen LogP contribution in [0, 0.1) is 5.92 Å². The lowest BCUT2D eigenvalue weighted by Gasteiger charge is -2.31. The first-order valence-electron chi connectivity index (χ1n) is 8.42. The van der Waals surface area contributed by atoms with Crippen molar-refractivity contribution in [3.8, 4) is 5.75 Å². The zero-order valence-corrected chi connectivity index (χ0v) is 15.2. The number of rotatable bonds is 4. The summed E-state index contributed by atoms with van der Waals surface area (Å²) in [6, 6.07) is 8.38. The lowest BCUT2D eigenvalue weighted by molar-refractivity contribution is 0.0654. The number of nitrogens with zero attached hydrogens (tertiary/aromatic N) is 2. The molecule has 1 saturated heterocycles. The number of aromatic amines is 1. The fourth-order valence-electron chi connectivity index (χ4n) is 2.89. The third kappa shape index (κ3) is 4.16. The van der Waals surface area contributed by atoms with Crippen LogP contribution in [0.1, 0.15) is 23.3 Å². The molecule has 1 N–H and O–H groups in total. The normalized spacial score (nSPS) is 15.1. The van der Waals surface area contributed by atoms with Gasteiger partial charge in [0.25, 0.3) is 11.5 Å². The molecule has 2 aromatic rings. The predicted molar refractivity (Wildman–Crippen MR) is 97.9 cm³/mol. The van der Waals surface area contributed by atoms with Gasteiger partial charge in [0.05, 0.1) is 6.61 Å². The van der Waals surface area contributed by atoms with E-state index in [0.717, 1.165) is 23.2 Å². The minimum Gasteiger partial charge on any atom is -0.493 e. The van der Waals surface area contributed by atoms with Crippen molar-refractivity contribution in [3.05, 3.63) is 61.9 Å². The first-order valence-corrected chi connectivity index (χ1v) is 8.80. The van der Waals surface area contributed by atoms with Gasteiger partial charge < -0.3 is 14.6 Å². The van der Waals surface area contributed by atoms with Gasteiger partial charge in [0, 0.05) is 31.2 Å². The van der Waals surface area contributed by atoms with E-state index >= 15 is 0 Å². The summed E-state index contributed by atoms with van der Waals surface area (Å²) >= 11 is 5.85. The van der Waals surface area contributed by atoms with Crippen molar-refractivity contribution in [2.75, 3.05) is 19.7 Å². The highest BCUT2D eigenvalue weighted by Gasteiger charge is 2.25. The van der Waals surface area contributed by atoms with Gasteiger partial charge in [0.1, 0.15) is 11.4 Å². The van der Waals surface area contributed by atoms with Crippen LogP contribution in [0.15, 0.2) is 39.9 Å². The number of hydrogen-bond donors (Lipinski definition) is 1. The number of aromatic nitrogens is 2.